The van der Waals surface area contributed by atoms with Crippen molar-refractivity contribution < 1.29 is 14.3 Å². The SMILES string of the molecule is C=CC(=O)N1CCC2(CC(n3nc(-c4ccc(Oc5ccccn5)cc4)c(C(N)=O)c3N)C2)C1. The van der Waals surface area contributed by atoms with E-state index in [1.165, 1.54) is 6.08 Å². The summed E-state index contributed by atoms with van der Waals surface area (Å²) < 4.78 is 7.46. The lowest BCUT2D eigenvalue weighted by Crippen LogP contribution is -2.42. The maximum atomic E-state index is 12.3. The van der Waals surface area contributed by atoms with Crippen LogP contribution in [0.15, 0.2) is 61.3 Å². The van der Waals surface area contributed by atoms with Gasteiger partial charge in [-0.05, 0) is 61.1 Å². The number of amides is 2. The van der Waals surface area contributed by atoms with E-state index in [-0.39, 0.29) is 28.7 Å². The summed E-state index contributed by atoms with van der Waals surface area (Å²) in [6.07, 6.45) is 5.64. The van der Waals surface area contributed by atoms with Crippen molar-refractivity contribution in [2.45, 2.75) is 25.3 Å². The molecule has 34 heavy (non-hydrogen) atoms. The van der Waals surface area contributed by atoms with E-state index in [1.54, 1.807) is 29.1 Å². The van der Waals surface area contributed by atoms with Crippen LogP contribution in [0.2, 0.25) is 0 Å². The highest BCUT2D eigenvalue weighted by atomic mass is 16.5. The first kappa shape index (κ1) is 21.7. The van der Waals surface area contributed by atoms with Crippen molar-refractivity contribution in [3.8, 4) is 22.9 Å². The Bertz CT molecular complexity index is 1250. The Morgan fingerprint density at radius 3 is 2.59 bits per heavy atom. The van der Waals surface area contributed by atoms with E-state index in [4.69, 9.17) is 21.3 Å². The van der Waals surface area contributed by atoms with Crippen LogP contribution in [0.3, 0.4) is 0 Å². The highest BCUT2D eigenvalue weighted by Crippen LogP contribution is 2.54. The van der Waals surface area contributed by atoms with Gasteiger partial charge in [-0.3, -0.25) is 9.59 Å². The Kier molecular flexibility index (Phi) is 5.31. The van der Waals surface area contributed by atoms with Crippen molar-refractivity contribution >= 4 is 17.6 Å². The normalized spacial score (nSPS) is 21.3. The van der Waals surface area contributed by atoms with Crippen LogP contribution in [-0.4, -0.2) is 44.6 Å². The second kappa shape index (κ2) is 8.33. The molecule has 3 aromatic rings. The lowest BCUT2D eigenvalue weighted by molar-refractivity contribution is -0.125. The standard InChI is InChI=1S/C25H26N6O3/c1-2-20(32)30-12-10-25(15-30)13-17(14-25)31-23(26)21(24(27)33)22(29-31)16-6-8-18(9-7-16)34-19-5-3-4-11-28-19/h2-9,11,17H,1,10,12-15,26H2,(H2,27,33). The van der Waals surface area contributed by atoms with Crippen molar-refractivity contribution in [2.24, 2.45) is 11.1 Å². The quantitative estimate of drug-likeness (QED) is 0.546. The van der Waals surface area contributed by atoms with Crippen LogP contribution in [0.4, 0.5) is 5.82 Å². The molecule has 4 N–H and O–H groups in total. The Morgan fingerprint density at radius 1 is 1.18 bits per heavy atom. The van der Waals surface area contributed by atoms with Crippen molar-refractivity contribution in [2.75, 3.05) is 18.8 Å². The molecule has 1 saturated carbocycles. The van der Waals surface area contributed by atoms with Gasteiger partial charge in [-0.15, -0.1) is 0 Å². The highest BCUT2D eigenvalue weighted by Gasteiger charge is 2.50. The summed E-state index contributed by atoms with van der Waals surface area (Å²) in [7, 11) is 0. The number of benzene rings is 1. The van der Waals surface area contributed by atoms with Gasteiger partial charge in [0.2, 0.25) is 11.8 Å². The third kappa shape index (κ3) is 3.79. The van der Waals surface area contributed by atoms with Gasteiger partial charge in [-0.25, -0.2) is 9.67 Å². The van der Waals surface area contributed by atoms with Gasteiger partial charge in [0.25, 0.3) is 5.91 Å². The summed E-state index contributed by atoms with van der Waals surface area (Å²) in [5.41, 5.74) is 13.5. The summed E-state index contributed by atoms with van der Waals surface area (Å²) in [6.45, 7) is 5.02. The molecule has 1 spiro atoms. The zero-order valence-electron chi connectivity index (χ0n) is 18.7. The number of nitrogens with zero attached hydrogens (tertiary/aromatic N) is 4. The van der Waals surface area contributed by atoms with Crippen molar-refractivity contribution in [3.05, 3.63) is 66.9 Å². The van der Waals surface area contributed by atoms with Crippen LogP contribution < -0.4 is 16.2 Å². The smallest absolute Gasteiger partial charge is 0.254 e. The number of ether oxygens (including phenoxy) is 1. The first-order valence-electron chi connectivity index (χ1n) is 11.2. The fraction of sp³-hybridized carbons (Fsp3) is 0.280. The molecule has 1 aliphatic carbocycles. The zero-order valence-corrected chi connectivity index (χ0v) is 18.7. The van der Waals surface area contributed by atoms with Gasteiger partial charge in [0.15, 0.2) is 0 Å². The number of nitrogen functional groups attached to an aromatic ring is 1. The van der Waals surface area contributed by atoms with E-state index in [2.05, 4.69) is 11.6 Å². The minimum atomic E-state index is -0.620. The molecule has 9 heteroatoms. The maximum absolute atomic E-state index is 12.3. The second-order valence-electron chi connectivity index (χ2n) is 8.99. The predicted octanol–water partition coefficient (Wildman–Crippen LogP) is 3.16. The number of rotatable bonds is 6. The van der Waals surface area contributed by atoms with Crippen LogP contribution in [0.5, 0.6) is 11.6 Å². The summed E-state index contributed by atoms with van der Waals surface area (Å²) in [5, 5.41) is 4.70. The molecule has 2 fully saturated rings. The van der Waals surface area contributed by atoms with Crippen LogP contribution in [0, 0.1) is 5.41 Å². The molecule has 2 amide bonds. The summed E-state index contributed by atoms with van der Waals surface area (Å²) in [4.78, 5) is 30.2. The third-order valence-corrected chi connectivity index (χ3v) is 6.79. The summed E-state index contributed by atoms with van der Waals surface area (Å²) >= 11 is 0. The van der Waals surface area contributed by atoms with E-state index >= 15 is 0 Å². The van der Waals surface area contributed by atoms with E-state index < -0.39 is 5.91 Å². The van der Waals surface area contributed by atoms with Crippen molar-refractivity contribution in [1.29, 1.82) is 0 Å². The molecule has 3 heterocycles. The van der Waals surface area contributed by atoms with Gasteiger partial charge in [0.1, 0.15) is 22.8 Å². The molecule has 1 aliphatic heterocycles. The number of pyridine rings is 1. The molecule has 0 unspecified atom stereocenters. The molecular formula is C25H26N6O3. The molecule has 9 nitrogen and oxygen atoms in total. The average Bonchev–Trinajstić information content (AvgIpc) is 3.41. The van der Waals surface area contributed by atoms with Crippen molar-refractivity contribution in [1.82, 2.24) is 19.7 Å². The van der Waals surface area contributed by atoms with Gasteiger partial charge in [-0.1, -0.05) is 12.6 Å². The average molecular weight is 459 g/mol. The van der Waals surface area contributed by atoms with Crippen molar-refractivity contribution in [3.63, 3.8) is 0 Å². The molecule has 0 radical (unpaired) electrons. The number of hydrogen-bond donors (Lipinski definition) is 2. The highest BCUT2D eigenvalue weighted by molar-refractivity contribution is 6.03. The third-order valence-electron chi connectivity index (χ3n) is 6.79. The minimum absolute atomic E-state index is 0.0345. The Hall–Kier alpha value is -4.14. The zero-order chi connectivity index (χ0) is 23.9. The first-order chi connectivity index (χ1) is 16.4. The molecular weight excluding hydrogens is 432 g/mol. The minimum Gasteiger partial charge on any atom is -0.439 e. The molecule has 2 aromatic heterocycles. The molecule has 1 saturated heterocycles. The number of carbonyl (C=O) groups excluding carboxylic acids is 2. The Balaban J connectivity index is 1.36. The fourth-order valence-electron chi connectivity index (χ4n) is 5.08. The number of nitrogens with two attached hydrogens (primary N) is 2. The van der Waals surface area contributed by atoms with E-state index in [0.29, 0.717) is 29.4 Å². The van der Waals surface area contributed by atoms with Crippen LogP contribution >= 0.6 is 0 Å². The van der Waals surface area contributed by atoms with Gasteiger partial charge < -0.3 is 21.1 Å². The van der Waals surface area contributed by atoms with Crippen LogP contribution in [0.25, 0.3) is 11.3 Å². The van der Waals surface area contributed by atoms with Gasteiger partial charge >= 0.3 is 0 Å². The predicted molar refractivity (Wildman–Crippen MR) is 127 cm³/mol. The molecule has 0 atom stereocenters. The molecule has 174 valence electrons. The number of carbonyl (C=O) groups is 2. The van der Waals surface area contributed by atoms with Crippen LogP contribution in [-0.2, 0) is 4.79 Å². The molecule has 0 bridgehead atoms. The number of primary amides is 1. The van der Waals surface area contributed by atoms with E-state index in [1.807, 2.05) is 29.2 Å². The maximum Gasteiger partial charge on any atom is 0.254 e. The Labute approximate surface area is 197 Å². The number of hydrogen-bond acceptors (Lipinski definition) is 6. The van der Waals surface area contributed by atoms with Crippen LogP contribution in [0.1, 0.15) is 35.7 Å². The Morgan fingerprint density at radius 2 is 1.94 bits per heavy atom. The fourth-order valence-corrected chi connectivity index (χ4v) is 5.08. The molecule has 1 aromatic carbocycles. The molecule has 5 rings (SSSR count). The van der Waals surface area contributed by atoms with E-state index in [0.717, 1.165) is 25.8 Å². The number of likely N-dealkylation sites (tertiary alicyclic amines) is 1. The second-order valence-corrected chi connectivity index (χ2v) is 8.99. The number of aromatic nitrogens is 3. The van der Waals surface area contributed by atoms with Gasteiger partial charge in [-0.2, -0.15) is 5.10 Å². The largest absolute Gasteiger partial charge is 0.439 e. The first-order valence-corrected chi connectivity index (χ1v) is 11.2. The van der Waals surface area contributed by atoms with E-state index in [9.17, 15) is 9.59 Å². The lowest BCUT2D eigenvalue weighted by atomic mass is 9.65. The summed E-state index contributed by atoms with van der Waals surface area (Å²) in [6, 6.07) is 12.7. The molecule has 2 aliphatic rings. The summed E-state index contributed by atoms with van der Waals surface area (Å²) in [5.74, 6) is 0.711. The topological polar surface area (TPSA) is 129 Å². The lowest BCUT2D eigenvalue weighted by Gasteiger charge is -2.45. The number of anilines is 1. The van der Waals surface area contributed by atoms with Gasteiger partial charge in [0, 0.05) is 30.9 Å². The van der Waals surface area contributed by atoms with Gasteiger partial charge in [0.05, 0.1) is 6.04 Å². The monoisotopic (exact) mass is 458 g/mol.